The van der Waals surface area contributed by atoms with Gasteiger partial charge in [0.05, 0.1) is 5.69 Å². The first-order chi connectivity index (χ1) is 14.9. The number of hydrogen-bond acceptors (Lipinski definition) is 5. The van der Waals surface area contributed by atoms with Crippen molar-refractivity contribution < 1.29 is 36.8 Å². The Kier molecular flexibility index (Phi) is 6.02. The molecule has 0 bridgehead atoms. The topological polar surface area (TPSA) is 79.8 Å². The Morgan fingerprint density at radius 2 is 1.78 bits per heavy atom. The van der Waals surface area contributed by atoms with Gasteiger partial charge in [0.15, 0.2) is 5.54 Å². The Hall–Kier alpha value is -3.76. The second-order valence-corrected chi connectivity index (χ2v) is 7.31. The minimum absolute atomic E-state index is 0.123. The van der Waals surface area contributed by atoms with E-state index in [1.807, 2.05) is 0 Å². The van der Waals surface area contributed by atoms with E-state index in [0.717, 1.165) is 0 Å². The summed E-state index contributed by atoms with van der Waals surface area (Å²) >= 11 is 0. The number of halogens is 4. The van der Waals surface area contributed by atoms with Crippen molar-refractivity contribution in [1.29, 1.82) is 0 Å². The van der Waals surface area contributed by atoms with Crippen LogP contribution in [0.2, 0.25) is 0 Å². The molecule has 2 heterocycles. The number of amides is 3. The molecule has 3 amide bonds. The number of rotatable bonds is 5. The number of hydrogen-bond donors (Lipinski definition) is 0. The van der Waals surface area contributed by atoms with Gasteiger partial charge in [0.2, 0.25) is 0 Å². The predicted molar refractivity (Wildman–Crippen MR) is 104 cm³/mol. The molecule has 0 spiro atoms. The first-order valence-electron chi connectivity index (χ1n) is 9.25. The van der Waals surface area contributed by atoms with Crippen molar-refractivity contribution in [2.75, 3.05) is 6.54 Å². The van der Waals surface area contributed by atoms with E-state index in [4.69, 9.17) is 0 Å². The monoisotopic (exact) mass is 451 g/mol. The molecule has 0 atom stereocenters. The lowest BCUT2D eigenvalue weighted by molar-refractivity contribution is -0.236. The van der Waals surface area contributed by atoms with E-state index >= 15 is 0 Å². The van der Waals surface area contributed by atoms with E-state index < -0.39 is 29.6 Å². The molecular formula is C21H17F4N3O4. The maximum atomic E-state index is 13.0. The standard InChI is InChI=1S/C21H17F4N3O4/c1-20(2)17(29)27(19(31)28(20)32-18(30)21(23,24)25)11-3-4-13-5-10-16(26-12-13)14-6-8-15(22)9-7-14/h3-10,12H,11H2,1-2H3. The van der Waals surface area contributed by atoms with E-state index in [1.165, 1.54) is 38.3 Å². The summed E-state index contributed by atoms with van der Waals surface area (Å²) in [4.78, 5) is 45.0. The van der Waals surface area contributed by atoms with Gasteiger partial charge in [0, 0.05) is 18.3 Å². The summed E-state index contributed by atoms with van der Waals surface area (Å²) in [5, 5.41) is 0.123. The zero-order valence-corrected chi connectivity index (χ0v) is 16.9. The summed E-state index contributed by atoms with van der Waals surface area (Å²) in [6.07, 6.45) is -0.807. The largest absolute Gasteiger partial charge is 0.493 e. The molecular weight excluding hydrogens is 434 g/mol. The SMILES string of the molecule is CC1(C)C(=O)N(CC=Cc2ccc(-c3ccc(F)cc3)nc2)C(=O)N1OC(=O)C(F)(F)F. The maximum Gasteiger partial charge on any atom is 0.493 e. The lowest BCUT2D eigenvalue weighted by Crippen LogP contribution is -2.47. The number of alkyl halides is 3. The highest BCUT2D eigenvalue weighted by Crippen LogP contribution is 2.30. The normalized spacial score (nSPS) is 16.2. The molecule has 7 nitrogen and oxygen atoms in total. The van der Waals surface area contributed by atoms with Crippen molar-refractivity contribution >= 4 is 24.0 Å². The number of pyridine rings is 1. The number of carbonyl (C=O) groups excluding carboxylic acids is 3. The van der Waals surface area contributed by atoms with Crippen LogP contribution in [-0.4, -0.2) is 51.1 Å². The van der Waals surface area contributed by atoms with Crippen LogP contribution in [-0.2, 0) is 14.4 Å². The summed E-state index contributed by atoms with van der Waals surface area (Å²) < 4.78 is 50.4. The Morgan fingerprint density at radius 1 is 1.12 bits per heavy atom. The average Bonchev–Trinajstić information content (AvgIpc) is 2.89. The highest BCUT2D eigenvalue weighted by atomic mass is 19.4. The molecule has 168 valence electrons. The van der Waals surface area contributed by atoms with Crippen molar-refractivity contribution in [3.8, 4) is 11.3 Å². The molecule has 2 aromatic rings. The number of aromatic nitrogens is 1. The molecule has 0 unspecified atom stereocenters. The zero-order valence-electron chi connectivity index (χ0n) is 16.9. The number of urea groups is 1. The third-order valence-electron chi connectivity index (χ3n) is 4.61. The van der Waals surface area contributed by atoms with Crippen molar-refractivity contribution in [3.05, 3.63) is 60.1 Å². The van der Waals surface area contributed by atoms with Crippen molar-refractivity contribution in [2.45, 2.75) is 25.6 Å². The van der Waals surface area contributed by atoms with Gasteiger partial charge in [-0.25, -0.2) is 14.0 Å². The van der Waals surface area contributed by atoms with E-state index in [2.05, 4.69) is 9.82 Å². The van der Waals surface area contributed by atoms with E-state index in [9.17, 15) is 31.9 Å². The predicted octanol–water partition coefficient (Wildman–Crippen LogP) is 3.96. The highest BCUT2D eigenvalue weighted by Gasteiger charge is 2.56. The first-order valence-corrected chi connectivity index (χ1v) is 9.25. The van der Waals surface area contributed by atoms with Gasteiger partial charge in [-0.1, -0.05) is 18.2 Å². The molecule has 11 heteroatoms. The summed E-state index contributed by atoms with van der Waals surface area (Å²) in [5.41, 5.74) is 0.140. The number of imide groups is 1. The van der Waals surface area contributed by atoms with Gasteiger partial charge in [0.1, 0.15) is 5.82 Å². The molecule has 1 aromatic heterocycles. The van der Waals surface area contributed by atoms with E-state index in [-0.39, 0.29) is 17.4 Å². The zero-order chi connectivity index (χ0) is 23.7. The fourth-order valence-electron chi connectivity index (χ4n) is 2.89. The molecule has 1 saturated heterocycles. The van der Waals surface area contributed by atoms with Crippen LogP contribution in [0.3, 0.4) is 0 Å². The fraction of sp³-hybridized carbons (Fsp3) is 0.238. The average molecular weight is 451 g/mol. The van der Waals surface area contributed by atoms with Crippen LogP contribution < -0.4 is 0 Å². The molecule has 0 saturated carbocycles. The van der Waals surface area contributed by atoms with Gasteiger partial charge in [0.25, 0.3) is 5.91 Å². The van der Waals surface area contributed by atoms with Gasteiger partial charge in [-0.05, 0) is 49.7 Å². The third-order valence-corrected chi connectivity index (χ3v) is 4.61. The minimum atomic E-state index is -5.32. The Balaban J connectivity index is 1.68. The lowest BCUT2D eigenvalue weighted by Gasteiger charge is -2.25. The van der Waals surface area contributed by atoms with Crippen LogP contribution in [0, 0.1) is 5.82 Å². The smallest absolute Gasteiger partial charge is 0.327 e. The number of benzene rings is 1. The van der Waals surface area contributed by atoms with Crippen LogP contribution in [0.25, 0.3) is 17.3 Å². The molecule has 1 fully saturated rings. The minimum Gasteiger partial charge on any atom is -0.327 e. The molecule has 1 aliphatic rings. The van der Waals surface area contributed by atoms with Gasteiger partial charge in [-0.3, -0.25) is 14.7 Å². The third kappa shape index (κ3) is 4.61. The lowest BCUT2D eigenvalue weighted by atomic mass is 10.1. The van der Waals surface area contributed by atoms with Crippen molar-refractivity contribution in [3.63, 3.8) is 0 Å². The summed E-state index contributed by atoms with van der Waals surface area (Å²) in [7, 11) is 0. The molecule has 0 N–H and O–H groups in total. The molecule has 1 aromatic carbocycles. The Labute approximate surface area is 179 Å². The van der Waals surface area contributed by atoms with Crippen molar-refractivity contribution in [1.82, 2.24) is 14.9 Å². The second-order valence-electron chi connectivity index (χ2n) is 7.31. The van der Waals surface area contributed by atoms with Crippen LogP contribution in [0.4, 0.5) is 22.4 Å². The molecule has 32 heavy (non-hydrogen) atoms. The Bertz CT molecular complexity index is 1060. The van der Waals surface area contributed by atoms with Gasteiger partial charge >= 0.3 is 18.2 Å². The summed E-state index contributed by atoms with van der Waals surface area (Å²) in [6.45, 7) is 2.07. The van der Waals surface area contributed by atoms with E-state index in [1.54, 1.807) is 30.3 Å². The number of nitrogens with zero attached hydrogens (tertiary/aromatic N) is 3. The van der Waals surface area contributed by atoms with Crippen LogP contribution in [0.15, 0.2) is 48.7 Å². The van der Waals surface area contributed by atoms with Gasteiger partial charge < -0.3 is 4.84 Å². The molecule has 0 aliphatic carbocycles. The first kappa shape index (κ1) is 22.9. The van der Waals surface area contributed by atoms with Crippen molar-refractivity contribution in [2.24, 2.45) is 0 Å². The second kappa shape index (κ2) is 8.40. The highest BCUT2D eigenvalue weighted by molar-refractivity contribution is 6.06. The molecule has 1 aliphatic heterocycles. The fourth-order valence-corrected chi connectivity index (χ4v) is 2.89. The summed E-state index contributed by atoms with van der Waals surface area (Å²) in [6, 6.07) is 8.00. The van der Waals surface area contributed by atoms with Gasteiger partial charge in [-0.15, -0.1) is 5.06 Å². The van der Waals surface area contributed by atoms with Gasteiger partial charge in [-0.2, -0.15) is 13.2 Å². The molecule has 3 rings (SSSR count). The Morgan fingerprint density at radius 3 is 2.34 bits per heavy atom. The van der Waals surface area contributed by atoms with Crippen LogP contribution in [0.5, 0.6) is 0 Å². The quantitative estimate of drug-likeness (QED) is 0.508. The maximum absolute atomic E-state index is 13.0. The molecule has 0 radical (unpaired) electrons. The van der Waals surface area contributed by atoms with Crippen LogP contribution in [0.1, 0.15) is 19.4 Å². The van der Waals surface area contributed by atoms with Crippen LogP contribution >= 0.6 is 0 Å². The van der Waals surface area contributed by atoms with E-state index in [0.29, 0.717) is 21.7 Å². The number of hydroxylamine groups is 2. The number of carbonyl (C=O) groups is 3. The summed E-state index contributed by atoms with van der Waals surface area (Å²) in [5.74, 6) is -3.79.